The van der Waals surface area contributed by atoms with Crippen LogP contribution in [0, 0.1) is 0 Å². The van der Waals surface area contributed by atoms with Gasteiger partial charge in [-0.3, -0.25) is 0 Å². The van der Waals surface area contributed by atoms with Crippen molar-refractivity contribution in [2.24, 2.45) is 0 Å². The number of rotatable bonds is 5. The van der Waals surface area contributed by atoms with E-state index in [1.807, 2.05) is 42.5 Å². The molecule has 1 aliphatic heterocycles. The molecule has 5 nitrogen and oxygen atoms in total. The maximum Gasteiger partial charge on any atom is 0.338 e. The number of benzene rings is 3. The Kier molecular flexibility index (Phi) is 6.16. The van der Waals surface area contributed by atoms with Crippen molar-refractivity contribution in [1.29, 1.82) is 0 Å². The molecule has 1 saturated heterocycles. The molecule has 0 aromatic heterocycles. The van der Waals surface area contributed by atoms with Crippen LogP contribution in [0.4, 0.5) is 0 Å². The third-order valence-electron chi connectivity index (χ3n) is 5.53. The zero-order valence-corrected chi connectivity index (χ0v) is 17.6. The zero-order valence-electron chi connectivity index (χ0n) is 16.8. The summed E-state index contributed by atoms with van der Waals surface area (Å²) in [6, 6.07) is 19.9. The molecule has 30 heavy (non-hydrogen) atoms. The van der Waals surface area contributed by atoms with E-state index in [1.54, 1.807) is 4.31 Å². The molecule has 3 aromatic rings. The van der Waals surface area contributed by atoms with Gasteiger partial charge in [0.05, 0.1) is 10.5 Å². The Morgan fingerprint density at radius 1 is 0.833 bits per heavy atom. The van der Waals surface area contributed by atoms with E-state index in [2.05, 4.69) is 0 Å². The first-order valence-electron chi connectivity index (χ1n) is 10.3. The molecule has 0 N–H and O–H groups in total. The number of esters is 1. The lowest BCUT2D eigenvalue weighted by atomic mass is 10.1. The van der Waals surface area contributed by atoms with Crippen molar-refractivity contribution in [1.82, 2.24) is 4.31 Å². The molecule has 1 fully saturated rings. The third kappa shape index (κ3) is 4.40. The molecule has 0 atom stereocenters. The van der Waals surface area contributed by atoms with Crippen molar-refractivity contribution in [3.8, 4) is 0 Å². The van der Waals surface area contributed by atoms with Gasteiger partial charge in [0.1, 0.15) is 6.61 Å². The fraction of sp³-hybridized carbons (Fsp3) is 0.292. The molecular formula is C24H25NO4S. The Labute approximate surface area is 177 Å². The monoisotopic (exact) mass is 423 g/mol. The average Bonchev–Trinajstić information content (AvgIpc) is 3.08. The minimum atomic E-state index is -3.53. The lowest BCUT2D eigenvalue weighted by Gasteiger charge is -2.20. The van der Waals surface area contributed by atoms with E-state index < -0.39 is 16.0 Å². The minimum absolute atomic E-state index is 0.161. The number of ether oxygens (including phenoxy) is 1. The van der Waals surface area contributed by atoms with Gasteiger partial charge in [0.2, 0.25) is 10.0 Å². The van der Waals surface area contributed by atoms with Gasteiger partial charge in [-0.1, -0.05) is 55.3 Å². The number of hydrogen-bond acceptors (Lipinski definition) is 4. The summed E-state index contributed by atoms with van der Waals surface area (Å²) in [5, 5.41) is 2.14. The summed E-state index contributed by atoms with van der Waals surface area (Å²) in [5.74, 6) is -0.471. The Bertz CT molecular complexity index is 1130. The lowest BCUT2D eigenvalue weighted by Crippen LogP contribution is -2.31. The largest absolute Gasteiger partial charge is 0.457 e. The molecule has 3 aromatic carbocycles. The summed E-state index contributed by atoms with van der Waals surface area (Å²) in [4.78, 5) is 12.7. The van der Waals surface area contributed by atoms with E-state index in [0.717, 1.165) is 42.0 Å². The van der Waals surface area contributed by atoms with Crippen molar-refractivity contribution in [3.05, 3.63) is 77.9 Å². The summed E-state index contributed by atoms with van der Waals surface area (Å²) in [7, 11) is -3.53. The van der Waals surface area contributed by atoms with Crippen LogP contribution in [-0.2, 0) is 21.4 Å². The Balaban J connectivity index is 1.45. The number of carbonyl (C=O) groups excluding carboxylic acids is 1. The highest BCUT2D eigenvalue weighted by atomic mass is 32.2. The first-order valence-corrected chi connectivity index (χ1v) is 11.7. The number of carbonyl (C=O) groups is 1. The number of nitrogens with zero attached hydrogens (tertiary/aromatic N) is 1. The topological polar surface area (TPSA) is 63.7 Å². The number of sulfonamides is 1. The summed E-state index contributed by atoms with van der Waals surface area (Å²) >= 11 is 0. The second kappa shape index (κ2) is 8.98. The molecule has 1 aliphatic rings. The van der Waals surface area contributed by atoms with Crippen molar-refractivity contribution in [3.63, 3.8) is 0 Å². The predicted molar refractivity (Wildman–Crippen MR) is 117 cm³/mol. The fourth-order valence-corrected chi connectivity index (χ4v) is 5.36. The second-order valence-electron chi connectivity index (χ2n) is 7.56. The van der Waals surface area contributed by atoms with Crippen LogP contribution in [0.2, 0.25) is 0 Å². The summed E-state index contributed by atoms with van der Waals surface area (Å²) in [6.45, 7) is 1.27. The molecule has 0 saturated carbocycles. The van der Waals surface area contributed by atoms with Crippen LogP contribution in [0.1, 0.15) is 41.6 Å². The van der Waals surface area contributed by atoms with Gasteiger partial charge >= 0.3 is 5.97 Å². The van der Waals surface area contributed by atoms with Crippen LogP contribution >= 0.6 is 0 Å². The van der Waals surface area contributed by atoms with E-state index in [4.69, 9.17) is 4.74 Å². The Morgan fingerprint density at radius 2 is 1.50 bits per heavy atom. The maximum atomic E-state index is 12.9. The smallest absolute Gasteiger partial charge is 0.338 e. The zero-order chi connectivity index (χ0) is 21.0. The predicted octanol–water partition coefficient (Wildman–Crippen LogP) is 4.76. The van der Waals surface area contributed by atoms with Crippen molar-refractivity contribution >= 4 is 26.8 Å². The Morgan fingerprint density at radius 3 is 2.23 bits per heavy atom. The van der Waals surface area contributed by atoms with Gasteiger partial charge in [0.25, 0.3) is 0 Å². The first-order chi connectivity index (χ1) is 14.6. The molecule has 156 valence electrons. The number of fused-ring (bicyclic) bond motifs is 1. The molecule has 0 amide bonds. The molecule has 0 bridgehead atoms. The SMILES string of the molecule is O=C(OCc1cccc2ccccc12)c1ccc(S(=O)(=O)N2CCCCCC2)cc1. The second-order valence-corrected chi connectivity index (χ2v) is 9.50. The van der Waals surface area contributed by atoms with Crippen LogP contribution in [0.3, 0.4) is 0 Å². The molecular weight excluding hydrogens is 398 g/mol. The van der Waals surface area contributed by atoms with E-state index in [1.165, 1.54) is 24.3 Å². The molecule has 0 unspecified atom stereocenters. The van der Waals surface area contributed by atoms with Gasteiger partial charge in [-0.15, -0.1) is 0 Å². The molecule has 0 radical (unpaired) electrons. The van der Waals surface area contributed by atoms with Gasteiger partial charge in [0.15, 0.2) is 0 Å². The summed E-state index contributed by atoms with van der Waals surface area (Å²) in [6.07, 6.45) is 3.90. The highest BCUT2D eigenvalue weighted by molar-refractivity contribution is 7.89. The highest BCUT2D eigenvalue weighted by Crippen LogP contribution is 2.22. The molecule has 4 rings (SSSR count). The van der Waals surface area contributed by atoms with E-state index in [-0.39, 0.29) is 11.5 Å². The quantitative estimate of drug-likeness (QED) is 0.555. The van der Waals surface area contributed by atoms with E-state index in [0.29, 0.717) is 18.7 Å². The van der Waals surface area contributed by atoms with Gasteiger partial charge in [0, 0.05) is 13.1 Å². The molecule has 1 heterocycles. The number of hydrogen-bond donors (Lipinski definition) is 0. The van der Waals surface area contributed by atoms with Crippen LogP contribution < -0.4 is 0 Å². The van der Waals surface area contributed by atoms with Crippen molar-refractivity contribution in [2.75, 3.05) is 13.1 Å². The van der Waals surface area contributed by atoms with Gasteiger partial charge in [-0.05, 0) is 53.4 Å². The lowest BCUT2D eigenvalue weighted by molar-refractivity contribution is 0.0474. The average molecular weight is 424 g/mol. The highest BCUT2D eigenvalue weighted by Gasteiger charge is 2.25. The summed E-state index contributed by atoms with van der Waals surface area (Å²) < 4.78 is 32.8. The minimum Gasteiger partial charge on any atom is -0.457 e. The van der Waals surface area contributed by atoms with Gasteiger partial charge in [-0.2, -0.15) is 4.31 Å². The van der Waals surface area contributed by atoms with Crippen molar-refractivity contribution < 1.29 is 17.9 Å². The molecule has 0 spiro atoms. The van der Waals surface area contributed by atoms with Crippen LogP contribution in [0.15, 0.2) is 71.6 Å². The van der Waals surface area contributed by atoms with Crippen LogP contribution in [0.25, 0.3) is 10.8 Å². The van der Waals surface area contributed by atoms with Crippen molar-refractivity contribution in [2.45, 2.75) is 37.2 Å². The van der Waals surface area contributed by atoms with E-state index in [9.17, 15) is 13.2 Å². The molecule has 6 heteroatoms. The normalized spacial score (nSPS) is 15.6. The van der Waals surface area contributed by atoms with Gasteiger partial charge < -0.3 is 4.74 Å². The van der Waals surface area contributed by atoms with Crippen LogP contribution in [0.5, 0.6) is 0 Å². The molecule has 0 aliphatic carbocycles. The van der Waals surface area contributed by atoms with Gasteiger partial charge in [-0.25, -0.2) is 13.2 Å². The maximum absolute atomic E-state index is 12.9. The van der Waals surface area contributed by atoms with E-state index >= 15 is 0 Å². The van der Waals surface area contributed by atoms with Crippen LogP contribution in [-0.4, -0.2) is 31.8 Å². The standard InChI is InChI=1S/C24H25NO4S/c26-24(29-18-21-10-7-9-19-8-3-4-11-23(19)21)20-12-14-22(15-13-20)30(27,28)25-16-5-1-2-6-17-25/h3-4,7-15H,1-2,5-6,16-18H2. The third-order valence-corrected chi connectivity index (χ3v) is 7.44. The fourth-order valence-electron chi connectivity index (χ4n) is 3.84. The Hall–Kier alpha value is -2.70. The first kappa shape index (κ1) is 20.6. The summed E-state index contributed by atoms with van der Waals surface area (Å²) in [5.41, 5.74) is 1.27.